The Morgan fingerprint density at radius 1 is 1.16 bits per heavy atom. The molecule has 2 aromatic carbocycles. The van der Waals surface area contributed by atoms with Crippen LogP contribution in [-0.2, 0) is 6.42 Å². The van der Waals surface area contributed by atoms with E-state index in [4.69, 9.17) is 10.5 Å². The van der Waals surface area contributed by atoms with E-state index in [0.717, 1.165) is 17.5 Å². The Kier molecular flexibility index (Phi) is 4.17. The van der Waals surface area contributed by atoms with Gasteiger partial charge in [0.1, 0.15) is 11.6 Å². The van der Waals surface area contributed by atoms with Crippen LogP contribution in [0.4, 0.5) is 4.39 Å². The molecule has 0 heterocycles. The van der Waals surface area contributed by atoms with E-state index in [1.165, 1.54) is 13.2 Å². The fourth-order valence-electron chi connectivity index (χ4n) is 2.21. The number of ether oxygens (including phenoxy) is 1. The summed E-state index contributed by atoms with van der Waals surface area (Å²) in [6.07, 6.45) is 0.877. The number of methoxy groups -OCH3 is 1. The average molecular weight is 259 g/mol. The zero-order chi connectivity index (χ0) is 13.8. The van der Waals surface area contributed by atoms with E-state index in [1.54, 1.807) is 12.1 Å². The smallest absolute Gasteiger partial charge is 0.132 e. The molecule has 0 aliphatic carbocycles. The molecule has 0 saturated carbocycles. The van der Waals surface area contributed by atoms with Crippen molar-refractivity contribution in [3.63, 3.8) is 0 Å². The second kappa shape index (κ2) is 5.85. The molecule has 2 nitrogen and oxygen atoms in total. The van der Waals surface area contributed by atoms with Crippen LogP contribution in [-0.4, -0.2) is 7.11 Å². The SMILES string of the molecule is CCc1ccccc1C(N)c1ccc(OC)cc1F. The third kappa shape index (κ3) is 2.76. The maximum Gasteiger partial charge on any atom is 0.132 e. The first-order valence-corrected chi connectivity index (χ1v) is 6.34. The van der Waals surface area contributed by atoms with Crippen LogP contribution in [0.25, 0.3) is 0 Å². The lowest BCUT2D eigenvalue weighted by Gasteiger charge is -2.17. The van der Waals surface area contributed by atoms with Crippen LogP contribution >= 0.6 is 0 Å². The topological polar surface area (TPSA) is 35.2 Å². The number of aryl methyl sites for hydroxylation is 1. The Morgan fingerprint density at radius 3 is 2.53 bits per heavy atom. The molecule has 100 valence electrons. The van der Waals surface area contributed by atoms with Crippen molar-refractivity contribution in [2.45, 2.75) is 19.4 Å². The molecule has 1 unspecified atom stereocenters. The Balaban J connectivity index is 2.41. The van der Waals surface area contributed by atoms with Gasteiger partial charge in [-0.2, -0.15) is 0 Å². The van der Waals surface area contributed by atoms with E-state index in [-0.39, 0.29) is 5.82 Å². The maximum atomic E-state index is 14.0. The van der Waals surface area contributed by atoms with Crippen LogP contribution in [0.15, 0.2) is 42.5 Å². The lowest BCUT2D eigenvalue weighted by Crippen LogP contribution is -2.15. The summed E-state index contributed by atoms with van der Waals surface area (Å²) in [4.78, 5) is 0. The van der Waals surface area contributed by atoms with Crippen LogP contribution < -0.4 is 10.5 Å². The normalized spacial score (nSPS) is 12.2. The van der Waals surface area contributed by atoms with E-state index in [1.807, 2.05) is 24.3 Å². The van der Waals surface area contributed by atoms with E-state index in [9.17, 15) is 4.39 Å². The summed E-state index contributed by atoms with van der Waals surface area (Å²) >= 11 is 0. The van der Waals surface area contributed by atoms with Gasteiger partial charge in [0, 0.05) is 11.6 Å². The van der Waals surface area contributed by atoms with Gasteiger partial charge in [-0.1, -0.05) is 37.3 Å². The zero-order valence-corrected chi connectivity index (χ0v) is 11.2. The molecule has 0 saturated heterocycles. The zero-order valence-electron chi connectivity index (χ0n) is 11.2. The lowest BCUT2D eigenvalue weighted by atomic mass is 9.93. The van der Waals surface area contributed by atoms with E-state index in [0.29, 0.717) is 11.3 Å². The second-order valence-electron chi connectivity index (χ2n) is 4.42. The summed E-state index contributed by atoms with van der Waals surface area (Å²) in [5, 5.41) is 0. The predicted octanol–water partition coefficient (Wildman–Crippen LogP) is 3.44. The molecule has 2 N–H and O–H groups in total. The first kappa shape index (κ1) is 13.6. The van der Waals surface area contributed by atoms with Gasteiger partial charge in [0.25, 0.3) is 0 Å². The minimum Gasteiger partial charge on any atom is -0.497 e. The molecule has 0 fully saturated rings. The molecule has 0 aromatic heterocycles. The monoisotopic (exact) mass is 259 g/mol. The van der Waals surface area contributed by atoms with Gasteiger partial charge in [0.2, 0.25) is 0 Å². The molecule has 0 aliphatic heterocycles. The van der Waals surface area contributed by atoms with E-state index in [2.05, 4.69) is 6.92 Å². The standard InChI is InChI=1S/C16H18FNO/c1-3-11-6-4-5-7-13(11)16(18)14-9-8-12(19-2)10-15(14)17/h4-10,16H,3,18H2,1-2H3. The third-order valence-electron chi connectivity index (χ3n) is 3.31. The molecule has 2 rings (SSSR count). The van der Waals surface area contributed by atoms with Crippen molar-refractivity contribution in [1.82, 2.24) is 0 Å². The minimum atomic E-state index is -0.456. The lowest BCUT2D eigenvalue weighted by molar-refractivity contribution is 0.410. The summed E-state index contributed by atoms with van der Waals surface area (Å²) in [6, 6.07) is 12.2. The van der Waals surface area contributed by atoms with Gasteiger partial charge in [0.05, 0.1) is 13.2 Å². The highest BCUT2D eigenvalue weighted by Gasteiger charge is 2.16. The molecular formula is C16H18FNO. The Hall–Kier alpha value is -1.87. The Bertz CT molecular complexity index is 568. The summed E-state index contributed by atoms with van der Waals surface area (Å²) in [5.74, 6) is 0.162. The highest BCUT2D eigenvalue weighted by atomic mass is 19.1. The van der Waals surface area contributed by atoms with Gasteiger partial charge in [-0.05, 0) is 23.6 Å². The molecule has 0 spiro atoms. The molecule has 2 aromatic rings. The van der Waals surface area contributed by atoms with Crippen molar-refractivity contribution in [1.29, 1.82) is 0 Å². The van der Waals surface area contributed by atoms with E-state index >= 15 is 0 Å². The average Bonchev–Trinajstić information content (AvgIpc) is 2.46. The second-order valence-corrected chi connectivity index (χ2v) is 4.42. The highest BCUT2D eigenvalue weighted by Crippen LogP contribution is 2.27. The van der Waals surface area contributed by atoms with Crippen LogP contribution in [0.5, 0.6) is 5.75 Å². The summed E-state index contributed by atoms with van der Waals surface area (Å²) < 4.78 is 19.0. The van der Waals surface area contributed by atoms with Gasteiger partial charge in [-0.25, -0.2) is 4.39 Å². The third-order valence-corrected chi connectivity index (χ3v) is 3.31. The number of hydrogen-bond acceptors (Lipinski definition) is 2. The van der Waals surface area contributed by atoms with Gasteiger partial charge in [-0.3, -0.25) is 0 Å². The Morgan fingerprint density at radius 2 is 1.89 bits per heavy atom. The molecule has 0 bridgehead atoms. The van der Waals surface area contributed by atoms with Gasteiger partial charge in [0.15, 0.2) is 0 Å². The number of halogens is 1. The van der Waals surface area contributed by atoms with Gasteiger partial charge >= 0.3 is 0 Å². The van der Waals surface area contributed by atoms with Crippen molar-refractivity contribution >= 4 is 0 Å². The quantitative estimate of drug-likeness (QED) is 0.912. The van der Waals surface area contributed by atoms with Crippen LogP contribution in [0, 0.1) is 5.82 Å². The first-order chi connectivity index (χ1) is 9.17. The molecule has 1 atom stereocenters. The van der Waals surface area contributed by atoms with Crippen LogP contribution in [0.2, 0.25) is 0 Å². The van der Waals surface area contributed by atoms with Crippen LogP contribution in [0.1, 0.15) is 29.7 Å². The number of rotatable bonds is 4. The number of hydrogen-bond donors (Lipinski definition) is 1. The molecule has 3 heteroatoms. The van der Waals surface area contributed by atoms with Crippen molar-refractivity contribution < 1.29 is 9.13 Å². The highest BCUT2D eigenvalue weighted by molar-refractivity contribution is 5.39. The first-order valence-electron chi connectivity index (χ1n) is 6.34. The summed E-state index contributed by atoms with van der Waals surface area (Å²) in [5.41, 5.74) is 8.80. The number of benzene rings is 2. The van der Waals surface area contributed by atoms with Gasteiger partial charge in [-0.15, -0.1) is 0 Å². The summed E-state index contributed by atoms with van der Waals surface area (Å²) in [6.45, 7) is 2.07. The molecule has 0 amide bonds. The van der Waals surface area contributed by atoms with Gasteiger partial charge < -0.3 is 10.5 Å². The predicted molar refractivity (Wildman–Crippen MR) is 74.8 cm³/mol. The summed E-state index contributed by atoms with van der Waals surface area (Å²) in [7, 11) is 1.51. The largest absolute Gasteiger partial charge is 0.497 e. The van der Waals surface area contributed by atoms with Crippen molar-refractivity contribution in [2.24, 2.45) is 5.73 Å². The molecule has 19 heavy (non-hydrogen) atoms. The molecule has 0 aliphatic rings. The number of nitrogens with two attached hydrogens (primary N) is 1. The molecular weight excluding hydrogens is 241 g/mol. The maximum absolute atomic E-state index is 14.0. The Labute approximate surface area is 113 Å². The van der Waals surface area contributed by atoms with Crippen LogP contribution in [0.3, 0.4) is 0 Å². The van der Waals surface area contributed by atoms with Crippen molar-refractivity contribution in [2.75, 3.05) is 7.11 Å². The van der Waals surface area contributed by atoms with E-state index < -0.39 is 6.04 Å². The van der Waals surface area contributed by atoms with Crippen molar-refractivity contribution in [3.8, 4) is 5.75 Å². The van der Waals surface area contributed by atoms with Crippen molar-refractivity contribution in [3.05, 3.63) is 65.0 Å². The molecule has 0 radical (unpaired) electrons. The fraction of sp³-hybridized carbons (Fsp3) is 0.250. The fourth-order valence-corrected chi connectivity index (χ4v) is 2.21. The minimum absolute atomic E-state index is 0.335.